The molecule has 0 bridgehead atoms. The van der Waals surface area contributed by atoms with E-state index in [1.165, 1.54) is 58.2 Å². The number of nitrogens with one attached hydrogen (secondary N) is 1. The lowest BCUT2D eigenvalue weighted by atomic mass is 9.69. The van der Waals surface area contributed by atoms with Crippen molar-refractivity contribution in [1.82, 2.24) is 15.1 Å². The SMILES string of the molecule is CNC1C(N2CCC3C(CCCN3C)C2)CCCC1(C)C. The van der Waals surface area contributed by atoms with Crippen molar-refractivity contribution in [3.05, 3.63) is 0 Å². The molecule has 3 rings (SSSR count). The van der Waals surface area contributed by atoms with Crippen LogP contribution in [-0.4, -0.2) is 61.7 Å². The lowest BCUT2D eigenvalue weighted by molar-refractivity contribution is -0.0160. The van der Waals surface area contributed by atoms with Crippen LogP contribution in [0, 0.1) is 11.3 Å². The van der Waals surface area contributed by atoms with E-state index in [2.05, 4.69) is 43.1 Å². The fraction of sp³-hybridized carbons (Fsp3) is 1.00. The lowest BCUT2D eigenvalue weighted by Crippen LogP contribution is -2.62. The molecule has 3 nitrogen and oxygen atoms in total. The molecule has 21 heavy (non-hydrogen) atoms. The molecule has 0 radical (unpaired) electrons. The molecule has 4 atom stereocenters. The maximum Gasteiger partial charge on any atom is 0.0271 e. The third kappa shape index (κ3) is 3.02. The van der Waals surface area contributed by atoms with E-state index in [-0.39, 0.29) is 0 Å². The summed E-state index contributed by atoms with van der Waals surface area (Å²) in [5.74, 6) is 0.917. The van der Waals surface area contributed by atoms with Crippen LogP contribution in [0.2, 0.25) is 0 Å². The second-order valence-electron chi connectivity index (χ2n) is 8.45. The molecule has 122 valence electrons. The summed E-state index contributed by atoms with van der Waals surface area (Å²) in [7, 11) is 4.51. The van der Waals surface area contributed by atoms with Crippen molar-refractivity contribution in [3.8, 4) is 0 Å². The number of hydrogen-bond donors (Lipinski definition) is 1. The van der Waals surface area contributed by atoms with Gasteiger partial charge in [0, 0.05) is 31.2 Å². The highest BCUT2D eigenvalue weighted by Crippen LogP contribution is 2.40. The second kappa shape index (κ2) is 6.17. The molecule has 2 heterocycles. The van der Waals surface area contributed by atoms with Gasteiger partial charge in [-0.2, -0.15) is 0 Å². The quantitative estimate of drug-likeness (QED) is 0.844. The number of rotatable bonds is 2. The van der Waals surface area contributed by atoms with Crippen LogP contribution >= 0.6 is 0 Å². The van der Waals surface area contributed by atoms with Crippen molar-refractivity contribution in [2.75, 3.05) is 33.7 Å². The van der Waals surface area contributed by atoms with Crippen molar-refractivity contribution in [2.45, 2.75) is 70.5 Å². The molecule has 2 aliphatic heterocycles. The first-order chi connectivity index (χ1) is 10.0. The van der Waals surface area contributed by atoms with Crippen LogP contribution < -0.4 is 5.32 Å². The van der Waals surface area contributed by atoms with Crippen molar-refractivity contribution in [1.29, 1.82) is 0 Å². The summed E-state index contributed by atoms with van der Waals surface area (Å²) in [6, 6.07) is 2.27. The normalized spacial score (nSPS) is 41.7. The Morgan fingerprint density at radius 2 is 1.81 bits per heavy atom. The summed E-state index contributed by atoms with van der Waals surface area (Å²) < 4.78 is 0. The van der Waals surface area contributed by atoms with Gasteiger partial charge in [0.05, 0.1) is 0 Å². The van der Waals surface area contributed by atoms with Gasteiger partial charge in [0.1, 0.15) is 0 Å². The molecule has 0 spiro atoms. The van der Waals surface area contributed by atoms with Crippen LogP contribution in [0.3, 0.4) is 0 Å². The zero-order valence-corrected chi connectivity index (χ0v) is 14.6. The molecular weight excluding hydrogens is 258 g/mol. The molecule has 1 N–H and O–H groups in total. The third-order valence-electron chi connectivity index (χ3n) is 6.70. The smallest absolute Gasteiger partial charge is 0.0271 e. The van der Waals surface area contributed by atoms with Crippen LogP contribution in [0.1, 0.15) is 52.4 Å². The average Bonchev–Trinajstić information content (AvgIpc) is 2.46. The van der Waals surface area contributed by atoms with Crippen molar-refractivity contribution < 1.29 is 0 Å². The van der Waals surface area contributed by atoms with E-state index in [0.717, 1.165) is 18.0 Å². The van der Waals surface area contributed by atoms with Gasteiger partial charge in [-0.25, -0.2) is 0 Å². The van der Waals surface area contributed by atoms with Gasteiger partial charge in [-0.3, -0.25) is 4.90 Å². The molecule has 0 aromatic heterocycles. The Kier molecular flexibility index (Phi) is 4.63. The number of fused-ring (bicyclic) bond motifs is 1. The highest BCUT2D eigenvalue weighted by molar-refractivity contribution is 5.00. The van der Waals surface area contributed by atoms with Crippen molar-refractivity contribution in [3.63, 3.8) is 0 Å². The molecule has 3 heteroatoms. The first-order valence-corrected chi connectivity index (χ1v) is 9.14. The Morgan fingerprint density at radius 3 is 2.57 bits per heavy atom. The Hall–Kier alpha value is -0.120. The number of likely N-dealkylation sites (tertiary alicyclic amines) is 2. The van der Waals surface area contributed by atoms with Gasteiger partial charge < -0.3 is 10.2 Å². The largest absolute Gasteiger partial charge is 0.315 e. The Balaban J connectivity index is 1.69. The maximum atomic E-state index is 3.67. The van der Waals surface area contributed by atoms with Crippen molar-refractivity contribution in [2.24, 2.45) is 11.3 Å². The molecular formula is C18H35N3. The third-order valence-corrected chi connectivity index (χ3v) is 6.70. The van der Waals surface area contributed by atoms with Gasteiger partial charge in [-0.1, -0.05) is 20.3 Å². The van der Waals surface area contributed by atoms with E-state index in [4.69, 9.17) is 0 Å². The molecule has 0 aromatic rings. The van der Waals surface area contributed by atoms with Crippen LogP contribution in [0.4, 0.5) is 0 Å². The minimum absolute atomic E-state index is 0.442. The standard InChI is InChI=1S/C18H35N3/c1-18(2)10-5-8-16(17(18)19-3)21-12-9-15-14(13-21)7-6-11-20(15)4/h14-17,19H,5-13H2,1-4H3. The fourth-order valence-corrected chi connectivity index (χ4v) is 5.57. The van der Waals surface area contributed by atoms with E-state index in [1.807, 2.05) is 0 Å². The summed E-state index contributed by atoms with van der Waals surface area (Å²) >= 11 is 0. The van der Waals surface area contributed by atoms with Crippen LogP contribution in [0.15, 0.2) is 0 Å². The molecule has 0 amide bonds. The number of hydrogen-bond acceptors (Lipinski definition) is 3. The zero-order chi connectivity index (χ0) is 15.0. The van der Waals surface area contributed by atoms with E-state index >= 15 is 0 Å². The molecule has 2 saturated heterocycles. The Morgan fingerprint density at radius 1 is 1.00 bits per heavy atom. The van der Waals surface area contributed by atoms with E-state index in [1.54, 1.807) is 0 Å². The first-order valence-electron chi connectivity index (χ1n) is 9.14. The van der Waals surface area contributed by atoms with Gasteiger partial charge in [-0.05, 0) is 64.1 Å². The van der Waals surface area contributed by atoms with Crippen LogP contribution in [0.25, 0.3) is 0 Å². The molecule has 3 aliphatic rings. The monoisotopic (exact) mass is 293 g/mol. The van der Waals surface area contributed by atoms with E-state index < -0.39 is 0 Å². The number of nitrogens with zero attached hydrogens (tertiary/aromatic N) is 2. The number of likely N-dealkylation sites (N-methyl/N-ethyl adjacent to an activating group) is 1. The predicted molar refractivity (Wildman–Crippen MR) is 89.6 cm³/mol. The summed E-state index contributed by atoms with van der Waals surface area (Å²) in [5, 5.41) is 3.67. The average molecular weight is 293 g/mol. The minimum Gasteiger partial charge on any atom is -0.315 e. The van der Waals surface area contributed by atoms with Crippen molar-refractivity contribution >= 4 is 0 Å². The fourth-order valence-electron chi connectivity index (χ4n) is 5.57. The Bertz CT molecular complexity index is 354. The Labute approximate surface area is 131 Å². The second-order valence-corrected chi connectivity index (χ2v) is 8.45. The van der Waals surface area contributed by atoms with Crippen LogP contribution in [0.5, 0.6) is 0 Å². The van der Waals surface area contributed by atoms with E-state index in [9.17, 15) is 0 Å². The number of piperidine rings is 2. The summed E-state index contributed by atoms with van der Waals surface area (Å²) in [5.41, 5.74) is 0.442. The van der Waals surface area contributed by atoms with Gasteiger partial charge in [0.2, 0.25) is 0 Å². The molecule has 3 fully saturated rings. The van der Waals surface area contributed by atoms with Gasteiger partial charge >= 0.3 is 0 Å². The highest BCUT2D eigenvalue weighted by Gasteiger charge is 2.43. The maximum absolute atomic E-state index is 3.67. The molecule has 4 unspecified atom stereocenters. The van der Waals surface area contributed by atoms with E-state index in [0.29, 0.717) is 11.5 Å². The lowest BCUT2D eigenvalue weighted by Gasteiger charge is -2.53. The zero-order valence-electron chi connectivity index (χ0n) is 14.6. The first kappa shape index (κ1) is 15.8. The van der Waals surface area contributed by atoms with Gasteiger partial charge in [0.15, 0.2) is 0 Å². The highest BCUT2D eigenvalue weighted by atomic mass is 15.2. The topological polar surface area (TPSA) is 18.5 Å². The molecule has 1 aliphatic carbocycles. The van der Waals surface area contributed by atoms with Crippen LogP contribution in [-0.2, 0) is 0 Å². The van der Waals surface area contributed by atoms with Gasteiger partial charge in [-0.15, -0.1) is 0 Å². The minimum atomic E-state index is 0.442. The molecule has 0 aromatic carbocycles. The summed E-state index contributed by atoms with van der Waals surface area (Å²) in [4.78, 5) is 5.48. The predicted octanol–water partition coefficient (Wildman–Crippen LogP) is 2.57. The van der Waals surface area contributed by atoms with Gasteiger partial charge in [0.25, 0.3) is 0 Å². The summed E-state index contributed by atoms with van der Waals surface area (Å²) in [6.45, 7) is 8.89. The molecule has 1 saturated carbocycles. The summed E-state index contributed by atoms with van der Waals surface area (Å²) in [6.07, 6.45) is 8.40.